The van der Waals surface area contributed by atoms with E-state index in [4.69, 9.17) is 18.9 Å². The molecule has 3 N–H and O–H groups in total. The molecule has 0 aliphatic heterocycles. The molecule has 0 saturated heterocycles. The van der Waals surface area contributed by atoms with Crippen molar-refractivity contribution in [3.05, 3.63) is 113 Å². The molecule has 0 saturated carbocycles. The molecule has 0 bridgehead atoms. The molecule has 0 aliphatic carbocycles. The van der Waals surface area contributed by atoms with E-state index in [-0.39, 0.29) is 17.9 Å². The number of amides is 2. The number of halogens is 2. The van der Waals surface area contributed by atoms with Crippen LogP contribution in [0.2, 0.25) is 0 Å². The first-order valence-corrected chi connectivity index (χ1v) is 15.4. The summed E-state index contributed by atoms with van der Waals surface area (Å²) >= 11 is 0. The van der Waals surface area contributed by atoms with Crippen LogP contribution < -0.4 is 24.8 Å². The van der Waals surface area contributed by atoms with Gasteiger partial charge in [0.2, 0.25) is 0 Å². The molecule has 0 spiro atoms. The fraction of sp³-hybridized carbons (Fsp3) is 0.189. The minimum absolute atomic E-state index is 0.200. The monoisotopic (exact) mass is 685 g/mol. The highest BCUT2D eigenvalue weighted by Gasteiger charge is 2.27. The first-order valence-electron chi connectivity index (χ1n) is 15.4. The summed E-state index contributed by atoms with van der Waals surface area (Å²) in [5.41, 5.74) is 1.75. The van der Waals surface area contributed by atoms with Crippen molar-refractivity contribution in [1.29, 1.82) is 0 Å². The Kier molecular flexibility index (Phi) is 11.2. The summed E-state index contributed by atoms with van der Waals surface area (Å²) in [6, 6.07) is 18.4. The second-order valence-corrected chi connectivity index (χ2v) is 10.9. The quantitative estimate of drug-likeness (QED) is 0.122. The van der Waals surface area contributed by atoms with Crippen molar-refractivity contribution >= 4 is 34.6 Å². The Hall–Kier alpha value is -6.08. The van der Waals surface area contributed by atoms with E-state index < -0.39 is 41.2 Å². The van der Waals surface area contributed by atoms with Crippen molar-refractivity contribution in [2.75, 3.05) is 26.1 Å². The topological polar surface area (TPSA) is 145 Å². The molecular formula is C37H33F2N3O8. The molecule has 4 aromatic carbocycles. The first-order chi connectivity index (χ1) is 24.1. The lowest BCUT2D eigenvalue weighted by Gasteiger charge is -2.19. The van der Waals surface area contributed by atoms with Crippen molar-refractivity contribution in [1.82, 2.24) is 10.3 Å². The molecule has 1 aromatic heterocycles. The number of nitrogens with zero attached hydrogens (tertiary/aromatic N) is 1. The van der Waals surface area contributed by atoms with E-state index in [2.05, 4.69) is 15.6 Å². The maximum absolute atomic E-state index is 15.1. The normalized spacial score (nSPS) is 11.5. The maximum Gasteiger partial charge on any atom is 0.417 e. The number of hydrogen-bond acceptors (Lipinski definition) is 8. The van der Waals surface area contributed by atoms with Crippen LogP contribution in [-0.2, 0) is 22.6 Å². The Bertz CT molecular complexity index is 1990. The van der Waals surface area contributed by atoms with Gasteiger partial charge in [0.05, 0.1) is 31.9 Å². The zero-order chi connectivity index (χ0) is 35.8. The predicted molar refractivity (Wildman–Crippen MR) is 181 cm³/mol. The van der Waals surface area contributed by atoms with Crippen LogP contribution in [-0.4, -0.2) is 54.9 Å². The molecule has 1 heterocycles. The van der Waals surface area contributed by atoms with Gasteiger partial charge < -0.3 is 29.4 Å². The molecule has 0 fully saturated rings. The number of aromatic nitrogens is 1. The average Bonchev–Trinajstić information content (AvgIpc) is 3.10. The molecule has 258 valence electrons. The van der Waals surface area contributed by atoms with Gasteiger partial charge in [-0.2, -0.15) is 0 Å². The maximum atomic E-state index is 15.1. The lowest BCUT2D eigenvalue weighted by atomic mass is 9.93. The van der Waals surface area contributed by atoms with E-state index >= 15 is 8.78 Å². The van der Waals surface area contributed by atoms with Gasteiger partial charge in [-0.1, -0.05) is 36.4 Å². The highest BCUT2D eigenvalue weighted by molar-refractivity contribution is 6.00. The fourth-order valence-corrected chi connectivity index (χ4v) is 5.40. The summed E-state index contributed by atoms with van der Waals surface area (Å²) in [7, 11) is 3.06. The third kappa shape index (κ3) is 7.96. The van der Waals surface area contributed by atoms with Gasteiger partial charge in [-0.3, -0.25) is 15.1 Å². The lowest BCUT2D eigenvalue weighted by molar-refractivity contribution is -0.139. The van der Waals surface area contributed by atoms with E-state index in [1.165, 1.54) is 26.4 Å². The van der Waals surface area contributed by atoms with Crippen LogP contribution in [0.15, 0.2) is 85.1 Å². The SMILES string of the molecule is CCOCc1cc(OC)c(-c2ccc(C[C@H](NC(=O)c3c(F)cc(NC(=O)Oc4ccccc4)cc3F)C(=O)O)c3cccnc23)c(OC)c1. The van der Waals surface area contributed by atoms with Crippen molar-refractivity contribution in [2.45, 2.75) is 26.0 Å². The van der Waals surface area contributed by atoms with Crippen molar-refractivity contribution in [3.63, 3.8) is 0 Å². The second kappa shape index (κ2) is 15.9. The number of nitrogens with one attached hydrogen (secondary N) is 2. The zero-order valence-electron chi connectivity index (χ0n) is 27.3. The van der Waals surface area contributed by atoms with Crippen LogP contribution in [0.5, 0.6) is 17.2 Å². The van der Waals surface area contributed by atoms with Crippen LogP contribution in [0.25, 0.3) is 22.0 Å². The number of carboxylic acids is 1. The minimum atomic E-state index is -1.59. The lowest BCUT2D eigenvalue weighted by Crippen LogP contribution is -2.43. The van der Waals surface area contributed by atoms with Gasteiger partial charge >= 0.3 is 12.1 Å². The standard InChI is InChI=1S/C37H33F2N3O8/c1-4-49-20-21-15-30(47-2)32(31(16-21)48-3)26-13-12-22(25-11-8-14-40-34(25)26)17-29(36(44)45)42-35(43)33-27(38)18-23(19-28(33)39)41-37(46)50-24-9-6-5-7-10-24/h5-16,18-19,29H,4,17,20H2,1-3H3,(H,41,46)(H,42,43)(H,44,45)/t29-/m0/s1. The Labute approximate surface area is 285 Å². The number of methoxy groups -OCH3 is 2. The molecule has 13 heteroatoms. The first kappa shape index (κ1) is 35.2. The van der Waals surface area contributed by atoms with Crippen LogP contribution in [0.1, 0.15) is 28.4 Å². The number of carbonyl (C=O) groups excluding carboxylic acids is 2. The Balaban J connectivity index is 1.40. The molecule has 5 aromatic rings. The number of pyridine rings is 1. The summed E-state index contributed by atoms with van der Waals surface area (Å²) in [6.07, 6.45) is 0.320. The van der Waals surface area contributed by atoms with E-state index in [1.54, 1.807) is 48.7 Å². The number of carbonyl (C=O) groups is 3. The predicted octanol–water partition coefficient (Wildman–Crippen LogP) is 6.77. The van der Waals surface area contributed by atoms with Crippen molar-refractivity contribution < 1.29 is 47.2 Å². The number of rotatable bonds is 13. The van der Waals surface area contributed by atoms with Gasteiger partial charge in [-0.25, -0.2) is 18.4 Å². The summed E-state index contributed by atoms with van der Waals surface area (Å²) in [5, 5.41) is 15.0. The number of benzene rings is 4. The highest BCUT2D eigenvalue weighted by atomic mass is 19.1. The number of fused-ring (bicyclic) bond motifs is 1. The van der Waals surface area contributed by atoms with Gasteiger partial charge in [0.1, 0.15) is 40.5 Å². The minimum Gasteiger partial charge on any atom is -0.496 e. The number of para-hydroxylation sites is 1. The number of anilines is 1. The van der Waals surface area contributed by atoms with E-state index in [9.17, 15) is 19.5 Å². The molecule has 11 nitrogen and oxygen atoms in total. The van der Waals surface area contributed by atoms with Crippen LogP contribution >= 0.6 is 0 Å². The molecule has 5 rings (SSSR count). The summed E-state index contributed by atoms with van der Waals surface area (Å²) < 4.78 is 52.2. The molecule has 0 radical (unpaired) electrons. The molecule has 2 amide bonds. The average molecular weight is 686 g/mol. The zero-order valence-corrected chi connectivity index (χ0v) is 27.3. The largest absolute Gasteiger partial charge is 0.496 e. The summed E-state index contributed by atoms with van der Waals surface area (Å²) in [5.74, 6) is -4.17. The number of ether oxygens (including phenoxy) is 4. The van der Waals surface area contributed by atoms with Crippen LogP contribution in [0.3, 0.4) is 0 Å². The number of hydrogen-bond donors (Lipinski definition) is 3. The van der Waals surface area contributed by atoms with Crippen LogP contribution in [0.4, 0.5) is 19.3 Å². The Morgan fingerprint density at radius 3 is 2.20 bits per heavy atom. The summed E-state index contributed by atoms with van der Waals surface area (Å²) in [6.45, 7) is 2.77. The van der Waals surface area contributed by atoms with Crippen LogP contribution in [0, 0.1) is 11.6 Å². The molecular weight excluding hydrogens is 652 g/mol. The van der Waals surface area contributed by atoms with Crippen molar-refractivity contribution in [2.24, 2.45) is 0 Å². The second-order valence-electron chi connectivity index (χ2n) is 10.9. The van der Waals surface area contributed by atoms with Gasteiger partial charge in [-0.05, 0) is 60.5 Å². The van der Waals surface area contributed by atoms with Gasteiger partial charge in [0, 0.05) is 35.9 Å². The number of aliphatic carboxylic acids is 1. The van der Waals surface area contributed by atoms with E-state index in [1.807, 2.05) is 19.1 Å². The molecule has 1 atom stereocenters. The highest BCUT2D eigenvalue weighted by Crippen LogP contribution is 2.43. The smallest absolute Gasteiger partial charge is 0.417 e. The third-order valence-corrected chi connectivity index (χ3v) is 7.66. The van der Waals surface area contributed by atoms with Crippen molar-refractivity contribution in [3.8, 4) is 28.4 Å². The molecule has 0 unspecified atom stereocenters. The fourth-order valence-electron chi connectivity index (χ4n) is 5.40. The molecule has 0 aliphatic rings. The van der Waals surface area contributed by atoms with Gasteiger partial charge in [0.25, 0.3) is 5.91 Å². The summed E-state index contributed by atoms with van der Waals surface area (Å²) in [4.78, 5) is 42.2. The van der Waals surface area contributed by atoms with E-state index in [0.29, 0.717) is 52.3 Å². The third-order valence-electron chi connectivity index (χ3n) is 7.66. The Morgan fingerprint density at radius 2 is 1.58 bits per heavy atom. The Morgan fingerprint density at radius 1 is 0.900 bits per heavy atom. The molecule has 50 heavy (non-hydrogen) atoms. The van der Waals surface area contributed by atoms with Gasteiger partial charge in [0.15, 0.2) is 0 Å². The number of carboxylic acid groups (broad SMARTS) is 1. The van der Waals surface area contributed by atoms with E-state index in [0.717, 1.165) is 17.7 Å². The van der Waals surface area contributed by atoms with Gasteiger partial charge in [-0.15, -0.1) is 0 Å².